The number of ether oxygens (including phenoxy) is 1. The highest BCUT2D eigenvalue weighted by Crippen LogP contribution is 2.22. The molecule has 0 bridgehead atoms. The number of aryl methyl sites for hydroxylation is 3. The standard InChI is InChI=1S/C14H17BrN2O/c1-4-17-12(8-11(3)16-17)9-18-13-5-6-14(15)10(2)7-13/h5-8H,4,9H2,1-3H3. The van der Waals surface area contributed by atoms with Gasteiger partial charge in [-0.15, -0.1) is 0 Å². The summed E-state index contributed by atoms with van der Waals surface area (Å²) in [7, 11) is 0. The minimum absolute atomic E-state index is 0.551. The van der Waals surface area contributed by atoms with E-state index in [1.807, 2.05) is 29.8 Å². The molecule has 0 aliphatic carbocycles. The molecule has 0 unspecified atom stereocenters. The van der Waals surface area contributed by atoms with Crippen LogP contribution in [-0.4, -0.2) is 9.78 Å². The number of hydrogen-bond donors (Lipinski definition) is 0. The van der Waals surface area contributed by atoms with Crippen LogP contribution in [0.25, 0.3) is 0 Å². The van der Waals surface area contributed by atoms with E-state index >= 15 is 0 Å². The Morgan fingerprint density at radius 2 is 2.06 bits per heavy atom. The Morgan fingerprint density at radius 3 is 2.72 bits per heavy atom. The van der Waals surface area contributed by atoms with E-state index in [4.69, 9.17) is 4.74 Å². The maximum atomic E-state index is 5.80. The van der Waals surface area contributed by atoms with Crippen molar-refractivity contribution in [2.24, 2.45) is 0 Å². The summed E-state index contributed by atoms with van der Waals surface area (Å²) in [5, 5.41) is 4.40. The number of aromatic nitrogens is 2. The normalized spacial score (nSPS) is 10.7. The predicted octanol–water partition coefficient (Wildman–Crippen LogP) is 3.86. The number of benzene rings is 1. The van der Waals surface area contributed by atoms with E-state index in [9.17, 15) is 0 Å². The van der Waals surface area contributed by atoms with Gasteiger partial charge in [-0.2, -0.15) is 5.10 Å². The molecule has 0 saturated heterocycles. The van der Waals surface area contributed by atoms with E-state index in [0.29, 0.717) is 6.61 Å². The van der Waals surface area contributed by atoms with Crippen molar-refractivity contribution in [2.45, 2.75) is 33.9 Å². The fourth-order valence-electron chi connectivity index (χ4n) is 1.85. The Bertz CT molecular complexity index is 549. The molecule has 0 amide bonds. The van der Waals surface area contributed by atoms with Crippen molar-refractivity contribution in [3.8, 4) is 5.75 Å². The minimum Gasteiger partial charge on any atom is -0.487 e. The van der Waals surface area contributed by atoms with Gasteiger partial charge >= 0.3 is 0 Å². The average Bonchev–Trinajstić information content (AvgIpc) is 2.71. The highest BCUT2D eigenvalue weighted by molar-refractivity contribution is 9.10. The first kappa shape index (κ1) is 13.1. The number of hydrogen-bond acceptors (Lipinski definition) is 2. The van der Waals surface area contributed by atoms with E-state index in [1.165, 1.54) is 5.56 Å². The Balaban J connectivity index is 2.08. The molecule has 0 aliphatic heterocycles. The van der Waals surface area contributed by atoms with Crippen molar-refractivity contribution in [2.75, 3.05) is 0 Å². The molecule has 1 aromatic heterocycles. The molecule has 0 fully saturated rings. The van der Waals surface area contributed by atoms with Gasteiger partial charge in [0.05, 0.1) is 11.4 Å². The predicted molar refractivity (Wildman–Crippen MR) is 75.8 cm³/mol. The van der Waals surface area contributed by atoms with Gasteiger partial charge in [0, 0.05) is 11.0 Å². The van der Waals surface area contributed by atoms with E-state index in [-0.39, 0.29) is 0 Å². The van der Waals surface area contributed by atoms with Crippen molar-refractivity contribution in [3.05, 3.63) is 45.7 Å². The lowest BCUT2D eigenvalue weighted by Crippen LogP contribution is -2.06. The Hall–Kier alpha value is -1.29. The first-order valence-electron chi connectivity index (χ1n) is 6.02. The summed E-state index contributed by atoms with van der Waals surface area (Å²) < 4.78 is 8.88. The number of rotatable bonds is 4. The van der Waals surface area contributed by atoms with Gasteiger partial charge in [-0.25, -0.2) is 0 Å². The van der Waals surface area contributed by atoms with Crippen molar-refractivity contribution in [3.63, 3.8) is 0 Å². The van der Waals surface area contributed by atoms with Gasteiger partial charge in [0.15, 0.2) is 0 Å². The van der Waals surface area contributed by atoms with E-state index in [0.717, 1.165) is 28.2 Å². The van der Waals surface area contributed by atoms with Gasteiger partial charge in [-0.3, -0.25) is 4.68 Å². The SMILES string of the molecule is CCn1nc(C)cc1COc1ccc(Br)c(C)c1. The van der Waals surface area contributed by atoms with Crippen molar-refractivity contribution in [1.82, 2.24) is 9.78 Å². The molecule has 0 N–H and O–H groups in total. The molecular formula is C14H17BrN2O. The molecular weight excluding hydrogens is 292 g/mol. The van der Waals surface area contributed by atoms with Crippen molar-refractivity contribution >= 4 is 15.9 Å². The topological polar surface area (TPSA) is 27.1 Å². The lowest BCUT2D eigenvalue weighted by molar-refractivity contribution is 0.292. The molecule has 0 spiro atoms. The molecule has 18 heavy (non-hydrogen) atoms. The molecule has 4 heteroatoms. The number of nitrogens with zero attached hydrogens (tertiary/aromatic N) is 2. The van der Waals surface area contributed by atoms with Gasteiger partial charge in [0.2, 0.25) is 0 Å². The van der Waals surface area contributed by atoms with Crippen LogP contribution in [0.2, 0.25) is 0 Å². The third kappa shape index (κ3) is 2.93. The fraction of sp³-hybridized carbons (Fsp3) is 0.357. The van der Waals surface area contributed by atoms with E-state index < -0.39 is 0 Å². The fourth-order valence-corrected chi connectivity index (χ4v) is 2.10. The maximum Gasteiger partial charge on any atom is 0.130 e. The summed E-state index contributed by atoms with van der Waals surface area (Å²) in [6.45, 7) is 7.55. The Kier molecular flexibility index (Phi) is 4.07. The second-order valence-corrected chi connectivity index (χ2v) is 5.15. The average molecular weight is 309 g/mol. The highest BCUT2D eigenvalue weighted by Gasteiger charge is 2.05. The molecule has 1 aromatic carbocycles. The van der Waals surface area contributed by atoms with Crippen LogP contribution in [0, 0.1) is 13.8 Å². The largest absolute Gasteiger partial charge is 0.487 e. The first-order valence-corrected chi connectivity index (χ1v) is 6.81. The molecule has 2 aromatic rings. The van der Waals surface area contributed by atoms with Gasteiger partial charge in [0.25, 0.3) is 0 Å². The van der Waals surface area contributed by atoms with E-state index in [1.54, 1.807) is 0 Å². The smallest absolute Gasteiger partial charge is 0.130 e. The second-order valence-electron chi connectivity index (χ2n) is 4.29. The molecule has 0 atom stereocenters. The summed E-state index contributed by atoms with van der Waals surface area (Å²) in [6, 6.07) is 8.07. The summed E-state index contributed by atoms with van der Waals surface area (Å²) in [5.41, 5.74) is 3.31. The molecule has 3 nitrogen and oxygen atoms in total. The third-order valence-electron chi connectivity index (χ3n) is 2.80. The van der Waals surface area contributed by atoms with Crippen molar-refractivity contribution in [1.29, 1.82) is 0 Å². The summed E-state index contributed by atoms with van der Waals surface area (Å²) in [4.78, 5) is 0. The van der Waals surface area contributed by atoms with Crippen LogP contribution >= 0.6 is 15.9 Å². The monoisotopic (exact) mass is 308 g/mol. The zero-order valence-electron chi connectivity index (χ0n) is 10.9. The van der Waals surface area contributed by atoms with Crippen LogP contribution in [-0.2, 0) is 13.2 Å². The van der Waals surface area contributed by atoms with Gasteiger partial charge < -0.3 is 4.74 Å². The van der Waals surface area contributed by atoms with Crippen LogP contribution in [0.1, 0.15) is 23.9 Å². The molecule has 0 radical (unpaired) electrons. The Morgan fingerprint density at radius 1 is 1.28 bits per heavy atom. The van der Waals surface area contributed by atoms with Crippen LogP contribution in [0.4, 0.5) is 0 Å². The minimum atomic E-state index is 0.551. The molecule has 1 heterocycles. The second kappa shape index (κ2) is 5.57. The van der Waals surface area contributed by atoms with Gasteiger partial charge in [-0.05, 0) is 50.6 Å². The number of halogens is 1. The quantitative estimate of drug-likeness (QED) is 0.857. The van der Waals surface area contributed by atoms with Crippen molar-refractivity contribution < 1.29 is 4.74 Å². The molecule has 0 saturated carbocycles. The lowest BCUT2D eigenvalue weighted by Gasteiger charge is -2.09. The zero-order valence-corrected chi connectivity index (χ0v) is 12.5. The Labute approximate surface area is 116 Å². The third-order valence-corrected chi connectivity index (χ3v) is 3.69. The lowest BCUT2D eigenvalue weighted by atomic mass is 10.2. The summed E-state index contributed by atoms with van der Waals surface area (Å²) in [6.07, 6.45) is 0. The van der Waals surface area contributed by atoms with Gasteiger partial charge in [0.1, 0.15) is 12.4 Å². The molecule has 0 aliphatic rings. The highest BCUT2D eigenvalue weighted by atomic mass is 79.9. The van der Waals surface area contributed by atoms with E-state index in [2.05, 4.69) is 40.9 Å². The summed E-state index contributed by atoms with van der Waals surface area (Å²) in [5.74, 6) is 0.886. The van der Waals surface area contributed by atoms with Crippen LogP contribution in [0.3, 0.4) is 0 Å². The summed E-state index contributed by atoms with van der Waals surface area (Å²) >= 11 is 3.48. The van der Waals surface area contributed by atoms with Gasteiger partial charge in [-0.1, -0.05) is 15.9 Å². The van der Waals surface area contributed by atoms with Crippen LogP contribution in [0.15, 0.2) is 28.7 Å². The van der Waals surface area contributed by atoms with Crippen LogP contribution < -0.4 is 4.74 Å². The maximum absolute atomic E-state index is 5.80. The molecule has 96 valence electrons. The zero-order chi connectivity index (χ0) is 13.1. The first-order chi connectivity index (χ1) is 8.60. The van der Waals surface area contributed by atoms with Crippen LogP contribution in [0.5, 0.6) is 5.75 Å². The molecule has 2 rings (SSSR count).